The van der Waals surface area contributed by atoms with Crippen LogP contribution in [0.2, 0.25) is 0 Å². The van der Waals surface area contributed by atoms with Crippen LogP contribution < -0.4 is 5.32 Å². The first kappa shape index (κ1) is 15.3. The molecule has 18 heavy (non-hydrogen) atoms. The summed E-state index contributed by atoms with van der Waals surface area (Å²) in [5.41, 5.74) is -0.986. The number of hydrogen-bond donors (Lipinski definition) is 2. The van der Waals surface area contributed by atoms with Gasteiger partial charge < -0.3 is 10.4 Å². The van der Waals surface area contributed by atoms with E-state index in [1.165, 1.54) is 0 Å². The van der Waals surface area contributed by atoms with Crippen LogP contribution in [-0.2, 0) is 9.59 Å². The van der Waals surface area contributed by atoms with Gasteiger partial charge in [-0.15, -0.1) is 0 Å². The molecule has 2 atom stereocenters. The molecule has 0 aliphatic heterocycles. The van der Waals surface area contributed by atoms with E-state index in [4.69, 9.17) is 5.11 Å². The fourth-order valence-electron chi connectivity index (χ4n) is 2.21. The topological polar surface area (TPSA) is 66.4 Å². The summed E-state index contributed by atoms with van der Waals surface area (Å²) >= 11 is 1.94. The predicted octanol–water partition coefficient (Wildman–Crippen LogP) is 2.28. The van der Waals surface area contributed by atoms with Crippen molar-refractivity contribution in [3.8, 4) is 0 Å². The van der Waals surface area contributed by atoms with E-state index >= 15 is 0 Å². The highest BCUT2D eigenvalue weighted by atomic mass is 32.2. The van der Waals surface area contributed by atoms with Crippen LogP contribution >= 0.6 is 11.8 Å². The maximum atomic E-state index is 11.8. The van der Waals surface area contributed by atoms with E-state index in [9.17, 15) is 9.59 Å². The Morgan fingerprint density at radius 3 is 2.61 bits per heavy atom. The van der Waals surface area contributed by atoms with Crippen molar-refractivity contribution < 1.29 is 14.7 Å². The van der Waals surface area contributed by atoms with Crippen molar-refractivity contribution in [3.63, 3.8) is 0 Å². The van der Waals surface area contributed by atoms with Gasteiger partial charge in [-0.3, -0.25) is 9.59 Å². The third kappa shape index (κ3) is 4.52. The third-order valence-electron chi connectivity index (χ3n) is 3.33. The molecule has 1 amide bonds. The maximum Gasteiger partial charge on any atom is 0.309 e. The van der Waals surface area contributed by atoms with Crippen molar-refractivity contribution in [2.45, 2.75) is 57.7 Å². The summed E-state index contributed by atoms with van der Waals surface area (Å²) in [5.74, 6) is 0.0372. The van der Waals surface area contributed by atoms with Crippen LogP contribution in [0.3, 0.4) is 0 Å². The summed E-state index contributed by atoms with van der Waals surface area (Å²) in [6.07, 6.45) is 3.21. The van der Waals surface area contributed by atoms with E-state index in [2.05, 4.69) is 12.2 Å². The van der Waals surface area contributed by atoms with Crippen LogP contribution in [0, 0.1) is 5.41 Å². The average Bonchev–Trinajstić information content (AvgIpc) is 2.64. The summed E-state index contributed by atoms with van der Waals surface area (Å²) in [6.45, 7) is 5.31. The van der Waals surface area contributed by atoms with Crippen LogP contribution in [0.25, 0.3) is 0 Å². The van der Waals surface area contributed by atoms with Crippen molar-refractivity contribution in [2.75, 3.05) is 5.75 Å². The molecule has 0 radical (unpaired) electrons. The molecule has 2 unspecified atom stereocenters. The normalized spacial score (nSPS) is 23.9. The molecule has 5 heteroatoms. The Morgan fingerprint density at radius 1 is 1.39 bits per heavy atom. The molecule has 0 aromatic heterocycles. The van der Waals surface area contributed by atoms with Crippen molar-refractivity contribution >= 4 is 23.6 Å². The first-order chi connectivity index (χ1) is 8.35. The van der Waals surface area contributed by atoms with Gasteiger partial charge in [0.15, 0.2) is 0 Å². The molecule has 0 bridgehead atoms. The number of carbonyl (C=O) groups is 2. The molecule has 0 spiro atoms. The van der Waals surface area contributed by atoms with Crippen molar-refractivity contribution in [1.82, 2.24) is 5.32 Å². The fourth-order valence-corrected chi connectivity index (χ4v) is 3.36. The predicted molar refractivity (Wildman–Crippen MR) is 73.7 cm³/mol. The lowest BCUT2D eigenvalue weighted by Crippen LogP contribution is -2.38. The SMILES string of the molecule is CCSC1CCC(NC(=O)CC(C)(C)C(=O)O)C1. The van der Waals surface area contributed by atoms with E-state index < -0.39 is 11.4 Å². The molecule has 4 nitrogen and oxygen atoms in total. The highest BCUT2D eigenvalue weighted by Crippen LogP contribution is 2.30. The second kappa shape index (κ2) is 6.45. The summed E-state index contributed by atoms with van der Waals surface area (Å²) in [7, 11) is 0. The zero-order chi connectivity index (χ0) is 13.8. The van der Waals surface area contributed by atoms with Gasteiger partial charge in [0.05, 0.1) is 5.41 Å². The van der Waals surface area contributed by atoms with Gasteiger partial charge in [-0.25, -0.2) is 0 Å². The van der Waals surface area contributed by atoms with E-state index in [0.29, 0.717) is 5.25 Å². The third-order valence-corrected chi connectivity index (χ3v) is 4.57. The maximum absolute atomic E-state index is 11.8. The highest BCUT2D eigenvalue weighted by molar-refractivity contribution is 7.99. The molecule has 104 valence electrons. The van der Waals surface area contributed by atoms with Gasteiger partial charge in [0.25, 0.3) is 0 Å². The minimum Gasteiger partial charge on any atom is -0.481 e. The van der Waals surface area contributed by atoms with Crippen molar-refractivity contribution in [3.05, 3.63) is 0 Å². The van der Waals surface area contributed by atoms with Crippen LogP contribution in [-0.4, -0.2) is 34.0 Å². The first-order valence-corrected chi connectivity index (χ1v) is 7.54. The molecular weight excluding hydrogens is 250 g/mol. The second-order valence-electron chi connectivity index (χ2n) is 5.52. The monoisotopic (exact) mass is 273 g/mol. The summed E-state index contributed by atoms with van der Waals surface area (Å²) < 4.78 is 0. The molecule has 0 heterocycles. The van der Waals surface area contributed by atoms with E-state index in [1.807, 2.05) is 11.8 Å². The smallest absolute Gasteiger partial charge is 0.309 e. The number of carboxylic acids is 1. The van der Waals surface area contributed by atoms with Gasteiger partial charge in [-0.05, 0) is 38.9 Å². The minimum absolute atomic E-state index is 0.0461. The summed E-state index contributed by atoms with van der Waals surface area (Å²) in [6, 6.07) is 0.228. The number of nitrogens with one attached hydrogen (secondary N) is 1. The average molecular weight is 273 g/mol. The number of carboxylic acid groups (broad SMARTS) is 1. The Hall–Kier alpha value is -0.710. The second-order valence-corrected chi connectivity index (χ2v) is 7.10. The summed E-state index contributed by atoms with van der Waals surface area (Å²) in [4.78, 5) is 22.8. The standard InChI is InChI=1S/C13H23NO3S/c1-4-18-10-6-5-9(7-10)14-11(15)8-13(2,3)12(16)17/h9-10H,4-8H2,1-3H3,(H,14,15)(H,16,17). The number of amides is 1. The fraction of sp³-hybridized carbons (Fsp3) is 0.846. The molecule has 1 rings (SSSR count). The van der Waals surface area contributed by atoms with Gasteiger partial charge in [0.2, 0.25) is 5.91 Å². The van der Waals surface area contributed by atoms with E-state index in [0.717, 1.165) is 25.0 Å². The Balaban J connectivity index is 2.36. The Bertz CT molecular complexity index is 317. The lowest BCUT2D eigenvalue weighted by molar-refractivity contribution is -0.149. The molecule has 0 saturated heterocycles. The number of carbonyl (C=O) groups excluding carboxylic acids is 1. The van der Waals surface area contributed by atoms with E-state index in [1.54, 1.807) is 13.8 Å². The van der Waals surface area contributed by atoms with Gasteiger partial charge >= 0.3 is 5.97 Å². The Labute approximate surface area is 113 Å². The quantitative estimate of drug-likeness (QED) is 0.779. The molecule has 1 aliphatic carbocycles. The van der Waals surface area contributed by atoms with Crippen LogP contribution in [0.4, 0.5) is 0 Å². The molecule has 0 aromatic rings. The number of rotatable bonds is 6. The Kier molecular flexibility index (Phi) is 5.50. The van der Waals surface area contributed by atoms with Crippen molar-refractivity contribution in [1.29, 1.82) is 0 Å². The lowest BCUT2D eigenvalue weighted by atomic mass is 9.89. The molecule has 2 N–H and O–H groups in total. The van der Waals surface area contributed by atoms with Crippen LogP contribution in [0.1, 0.15) is 46.5 Å². The lowest BCUT2D eigenvalue weighted by Gasteiger charge is -2.20. The minimum atomic E-state index is -0.986. The van der Waals surface area contributed by atoms with Gasteiger partial charge in [0, 0.05) is 17.7 Å². The molecule has 0 aromatic carbocycles. The zero-order valence-electron chi connectivity index (χ0n) is 11.4. The number of aliphatic carboxylic acids is 1. The van der Waals surface area contributed by atoms with Crippen LogP contribution in [0.5, 0.6) is 0 Å². The number of thioether (sulfide) groups is 1. The van der Waals surface area contributed by atoms with E-state index in [-0.39, 0.29) is 18.4 Å². The molecule has 1 saturated carbocycles. The first-order valence-electron chi connectivity index (χ1n) is 6.49. The Morgan fingerprint density at radius 2 is 2.06 bits per heavy atom. The van der Waals surface area contributed by atoms with Gasteiger partial charge in [-0.2, -0.15) is 11.8 Å². The van der Waals surface area contributed by atoms with Crippen LogP contribution in [0.15, 0.2) is 0 Å². The molecular formula is C13H23NO3S. The summed E-state index contributed by atoms with van der Waals surface area (Å²) in [5, 5.41) is 12.6. The van der Waals surface area contributed by atoms with Gasteiger partial charge in [-0.1, -0.05) is 6.92 Å². The van der Waals surface area contributed by atoms with Gasteiger partial charge in [0.1, 0.15) is 0 Å². The highest BCUT2D eigenvalue weighted by Gasteiger charge is 2.32. The number of hydrogen-bond acceptors (Lipinski definition) is 3. The molecule has 1 aliphatic rings. The molecule has 1 fully saturated rings. The van der Waals surface area contributed by atoms with Crippen molar-refractivity contribution in [2.24, 2.45) is 5.41 Å². The largest absolute Gasteiger partial charge is 0.481 e. The zero-order valence-corrected chi connectivity index (χ0v) is 12.2.